The van der Waals surface area contributed by atoms with Gasteiger partial charge in [0.2, 0.25) is 0 Å². The first-order valence-electron chi connectivity index (χ1n) is 7.28. The molecule has 0 saturated carbocycles. The van der Waals surface area contributed by atoms with Gasteiger partial charge in [-0.15, -0.1) is 0 Å². The first-order valence-corrected chi connectivity index (χ1v) is 7.28. The Balaban J connectivity index is 1.73. The molecule has 114 valence electrons. The van der Waals surface area contributed by atoms with E-state index in [0.29, 0.717) is 17.9 Å². The molecular formula is C18H20N2O2. The molecule has 4 heteroatoms. The lowest BCUT2D eigenvalue weighted by atomic mass is 10.1. The quantitative estimate of drug-likeness (QED) is 0.824. The summed E-state index contributed by atoms with van der Waals surface area (Å²) in [5, 5.41) is 22.0. The standard InChI is InChI=1S/C18H20N2O2/c1-14(16-5-3-2-4-6-16)20-12-17(21)13-22-18-9-7-15(11-19)8-10-18/h2-10,14,17,20-21H,12-13H2,1H3/t14-,17?/m0/s1. The van der Waals surface area contributed by atoms with E-state index in [9.17, 15) is 5.11 Å². The van der Waals surface area contributed by atoms with Crippen LogP contribution in [-0.2, 0) is 0 Å². The Labute approximate surface area is 131 Å². The van der Waals surface area contributed by atoms with E-state index in [-0.39, 0.29) is 12.6 Å². The van der Waals surface area contributed by atoms with Gasteiger partial charge in [0, 0.05) is 12.6 Å². The molecule has 0 aromatic heterocycles. The van der Waals surface area contributed by atoms with Crippen molar-refractivity contribution in [2.45, 2.75) is 19.1 Å². The van der Waals surface area contributed by atoms with Crippen LogP contribution < -0.4 is 10.1 Å². The maximum absolute atomic E-state index is 9.97. The minimum Gasteiger partial charge on any atom is -0.491 e. The summed E-state index contributed by atoms with van der Waals surface area (Å²) in [6.07, 6.45) is -0.596. The summed E-state index contributed by atoms with van der Waals surface area (Å²) < 4.78 is 5.51. The highest BCUT2D eigenvalue weighted by Crippen LogP contribution is 2.13. The zero-order chi connectivity index (χ0) is 15.8. The average Bonchev–Trinajstić information content (AvgIpc) is 2.59. The van der Waals surface area contributed by atoms with Crippen LogP contribution in [0.1, 0.15) is 24.1 Å². The van der Waals surface area contributed by atoms with E-state index in [2.05, 4.69) is 30.4 Å². The Bertz CT molecular complexity index is 605. The molecule has 0 aliphatic heterocycles. The van der Waals surface area contributed by atoms with E-state index in [1.165, 1.54) is 5.56 Å². The summed E-state index contributed by atoms with van der Waals surface area (Å²) in [7, 11) is 0. The molecule has 2 aromatic rings. The van der Waals surface area contributed by atoms with Crippen LogP contribution in [-0.4, -0.2) is 24.4 Å². The van der Waals surface area contributed by atoms with Crippen LogP contribution in [0.5, 0.6) is 5.75 Å². The summed E-state index contributed by atoms with van der Waals surface area (Å²) in [5.74, 6) is 0.647. The molecule has 0 aliphatic carbocycles. The Morgan fingerprint density at radius 1 is 1.14 bits per heavy atom. The number of nitriles is 1. The summed E-state index contributed by atoms with van der Waals surface area (Å²) in [6, 6.07) is 19.1. The lowest BCUT2D eigenvalue weighted by Gasteiger charge is -2.18. The van der Waals surface area contributed by atoms with Gasteiger partial charge in [-0.05, 0) is 36.8 Å². The van der Waals surface area contributed by atoms with E-state index in [4.69, 9.17) is 10.00 Å². The van der Waals surface area contributed by atoms with Crippen LogP contribution in [0, 0.1) is 11.3 Å². The molecule has 0 radical (unpaired) electrons. The number of rotatable bonds is 7. The number of ether oxygens (including phenoxy) is 1. The lowest BCUT2D eigenvalue weighted by Crippen LogP contribution is -2.33. The molecular weight excluding hydrogens is 276 g/mol. The molecule has 2 atom stereocenters. The van der Waals surface area contributed by atoms with E-state index in [0.717, 1.165) is 0 Å². The van der Waals surface area contributed by atoms with Crippen molar-refractivity contribution in [3.05, 3.63) is 65.7 Å². The molecule has 0 spiro atoms. The second-order valence-electron chi connectivity index (χ2n) is 5.14. The predicted molar refractivity (Wildman–Crippen MR) is 85.5 cm³/mol. The fourth-order valence-electron chi connectivity index (χ4n) is 2.05. The number of nitrogens with zero attached hydrogens (tertiary/aromatic N) is 1. The highest BCUT2D eigenvalue weighted by molar-refractivity contribution is 5.34. The van der Waals surface area contributed by atoms with Gasteiger partial charge in [0.25, 0.3) is 0 Å². The van der Waals surface area contributed by atoms with Crippen molar-refractivity contribution in [1.82, 2.24) is 5.32 Å². The highest BCUT2D eigenvalue weighted by atomic mass is 16.5. The highest BCUT2D eigenvalue weighted by Gasteiger charge is 2.09. The topological polar surface area (TPSA) is 65.3 Å². The van der Waals surface area contributed by atoms with Crippen molar-refractivity contribution >= 4 is 0 Å². The molecule has 0 aliphatic rings. The second-order valence-corrected chi connectivity index (χ2v) is 5.14. The number of aliphatic hydroxyl groups is 1. The Hall–Kier alpha value is -2.35. The third kappa shape index (κ3) is 4.88. The minimum absolute atomic E-state index is 0.172. The van der Waals surface area contributed by atoms with Gasteiger partial charge in [0.15, 0.2) is 0 Å². The summed E-state index contributed by atoms with van der Waals surface area (Å²) >= 11 is 0. The predicted octanol–water partition coefficient (Wildman–Crippen LogP) is 2.65. The number of hydrogen-bond acceptors (Lipinski definition) is 4. The number of aliphatic hydroxyl groups excluding tert-OH is 1. The average molecular weight is 296 g/mol. The smallest absolute Gasteiger partial charge is 0.119 e. The first-order chi connectivity index (χ1) is 10.7. The monoisotopic (exact) mass is 296 g/mol. The maximum Gasteiger partial charge on any atom is 0.119 e. The van der Waals surface area contributed by atoms with Gasteiger partial charge >= 0.3 is 0 Å². The van der Waals surface area contributed by atoms with Crippen LogP contribution in [0.15, 0.2) is 54.6 Å². The van der Waals surface area contributed by atoms with E-state index < -0.39 is 6.10 Å². The molecule has 2 aromatic carbocycles. The Kier molecular flexibility index (Phi) is 5.96. The number of hydrogen-bond donors (Lipinski definition) is 2. The first kappa shape index (κ1) is 16.0. The fourth-order valence-corrected chi connectivity index (χ4v) is 2.05. The van der Waals surface area contributed by atoms with Gasteiger partial charge in [-0.2, -0.15) is 5.26 Å². The fraction of sp³-hybridized carbons (Fsp3) is 0.278. The third-order valence-corrected chi connectivity index (χ3v) is 3.39. The normalized spacial score (nSPS) is 13.1. The van der Waals surface area contributed by atoms with Gasteiger partial charge in [-0.25, -0.2) is 0 Å². The largest absolute Gasteiger partial charge is 0.491 e. The number of nitrogens with one attached hydrogen (secondary N) is 1. The molecule has 0 fully saturated rings. The van der Waals surface area contributed by atoms with Crippen LogP contribution in [0.25, 0.3) is 0 Å². The molecule has 0 saturated heterocycles. The van der Waals surface area contributed by atoms with Gasteiger partial charge in [-0.1, -0.05) is 30.3 Å². The van der Waals surface area contributed by atoms with Crippen molar-refractivity contribution < 1.29 is 9.84 Å². The molecule has 4 nitrogen and oxygen atoms in total. The van der Waals surface area contributed by atoms with Crippen molar-refractivity contribution in [2.75, 3.05) is 13.2 Å². The van der Waals surface area contributed by atoms with Crippen molar-refractivity contribution in [3.8, 4) is 11.8 Å². The molecule has 0 bridgehead atoms. The van der Waals surface area contributed by atoms with Gasteiger partial charge in [-0.3, -0.25) is 0 Å². The van der Waals surface area contributed by atoms with Crippen molar-refractivity contribution in [2.24, 2.45) is 0 Å². The molecule has 22 heavy (non-hydrogen) atoms. The Morgan fingerprint density at radius 3 is 2.45 bits per heavy atom. The van der Waals surface area contributed by atoms with Gasteiger partial charge in [0.05, 0.1) is 11.6 Å². The van der Waals surface area contributed by atoms with Gasteiger partial charge in [0.1, 0.15) is 18.5 Å². The summed E-state index contributed by atoms with van der Waals surface area (Å²) in [4.78, 5) is 0. The Morgan fingerprint density at radius 2 is 1.82 bits per heavy atom. The second kappa shape index (κ2) is 8.18. The van der Waals surface area contributed by atoms with E-state index >= 15 is 0 Å². The summed E-state index contributed by atoms with van der Waals surface area (Å²) in [5.41, 5.74) is 1.77. The van der Waals surface area contributed by atoms with Crippen LogP contribution in [0.4, 0.5) is 0 Å². The lowest BCUT2D eigenvalue weighted by molar-refractivity contribution is 0.104. The zero-order valence-corrected chi connectivity index (χ0v) is 12.6. The minimum atomic E-state index is -0.596. The van der Waals surface area contributed by atoms with E-state index in [1.807, 2.05) is 18.2 Å². The molecule has 2 N–H and O–H groups in total. The third-order valence-electron chi connectivity index (χ3n) is 3.39. The summed E-state index contributed by atoms with van der Waals surface area (Å²) in [6.45, 7) is 2.72. The van der Waals surface area contributed by atoms with Gasteiger partial charge < -0.3 is 15.2 Å². The molecule has 0 amide bonds. The van der Waals surface area contributed by atoms with Crippen molar-refractivity contribution in [1.29, 1.82) is 5.26 Å². The maximum atomic E-state index is 9.97. The van der Waals surface area contributed by atoms with Crippen molar-refractivity contribution in [3.63, 3.8) is 0 Å². The van der Waals surface area contributed by atoms with Crippen LogP contribution in [0.3, 0.4) is 0 Å². The SMILES string of the molecule is C[C@H](NCC(O)COc1ccc(C#N)cc1)c1ccccc1. The molecule has 1 unspecified atom stereocenters. The van der Waals surface area contributed by atoms with E-state index in [1.54, 1.807) is 24.3 Å². The molecule has 2 rings (SSSR count). The van der Waals surface area contributed by atoms with Crippen LogP contribution in [0.2, 0.25) is 0 Å². The zero-order valence-electron chi connectivity index (χ0n) is 12.6. The van der Waals surface area contributed by atoms with Crippen LogP contribution >= 0.6 is 0 Å². The molecule has 0 heterocycles. The number of benzene rings is 2.